The molecule has 0 aromatic rings. The monoisotopic (exact) mass is 215 g/mol. The van der Waals surface area contributed by atoms with E-state index in [-0.39, 0.29) is 0 Å². The molecule has 94 valence electrons. The average molecular weight is 215 g/mol. The zero-order chi connectivity index (χ0) is 11.8. The van der Waals surface area contributed by atoms with E-state index in [9.17, 15) is 0 Å². The van der Waals surface area contributed by atoms with Crippen LogP contribution in [0.15, 0.2) is 0 Å². The molecule has 0 aromatic heterocycles. The zero-order valence-electron chi connectivity index (χ0n) is 11.6. The molecule has 1 heteroatoms. The van der Waals surface area contributed by atoms with Crippen molar-refractivity contribution in [3.8, 4) is 0 Å². The molecule has 1 nitrogen and oxygen atoms in total. The van der Waals surface area contributed by atoms with Gasteiger partial charge in [0.15, 0.2) is 0 Å². The van der Waals surface area contributed by atoms with Crippen molar-refractivity contribution in [2.45, 2.75) is 78.6 Å². The van der Waals surface area contributed by atoms with Gasteiger partial charge in [0.05, 0.1) is 0 Å². The summed E-state index contributed by atoms with van der Waals surface area (Å²) < 4.78 is 0. The third-order valence-corrected chi connectivity index (χ3v) is 2.53. The summed E-state index contributed by atoms with van der Waals surface area (Å²) in [5, 5.41) is 3.19. The summed E-state index contributed by atoms with van der Waals surface area (Å²) in [7, 11) is 2.03. The first-order valence-electron chi connectivity index (χ1n) is 7.06. The van der Waals surface area contributed by atoms with Gasteiger partial charge >= 0.3 is 0 Å². The normalized spacial score (nSPS) is 9.60. The molecule has 0 bridgehead atoms. The smallest absolute Gasteiger partial charge is 0.00519 e. The predicted octanol–water partition coefficient (Wildman–Crippen LogP) is 4.76. The van der Waals surface area contributed by atoms with E-state index in [1.54, 1.807) is 0 Å². The van der Waals surface area contributed by atoms with Gasteiger partial charge in [0.25, 0.3) is 0 Å². The van der Waals surface area contributed by atoms with Crippen LogP contribution in [0.3, 0.4) is 0 Å². The molecule has 0 amide bonds. The minimum Gasteiger partial charge on any atom is -0.320 e. The topological polar surface area (TPSA) is 12.0 Å². The van der Waals surface area contributed by atoms with Gasteiger partial charge in [0.1, 0.15) is 0 Å². The standard InChI is InChI=1S/C12H27N.C2H6/c1-3-4-5-6-7-8-9-10-11-12-13-2;1-2/h13H,3-12H2,1-2H3;1-2H3. The summed E-state index contributed by atoms with van der Waals surface area (Å²) in [6.07, 6.45) is 12.8. The van der Waals surface area contributed by atoms with Gasteiger partial charge in [-0.3, -0.25) is 0 Å². The van der Waals surface area contributed by atoms with Crippen LogP contribution < -0.4 is 5.32 Å². The van der Waals surface area contributed by atoms with Crippen LogP contribution in [0.5, 0.6) is 0 Å². The Morgan fingerprint density at radius 2 is 1.07 bits per heavy atom. The molecular formula is C14H33N. The Bertz CT molecular complexity index is 71.4. The van der Waals surface area contributed by atoms with Gasteiger partial charge in [-0.2, -0.15) is 0 Å². The Labute approximate surface area is 98.0 Å². The van der Waals surface area contributed by atoms with Crippen LogP contribution in [0.1, 0.15) is 78.6 Å². The largest absolute Gasteiger partial charge is 0.320 e. The fourth-order valence-electron chi connectivity index (χ4n) is 1.61. The Morgan fingerprint density at radius 3 is 1.47 bits per heavy atom. The van der Waals surface area contributed by atoms with Crippen molar-refractivity contribution in [2.24, 2.45) is 0 Å². The van der Waals surface area contributed by atoms with Gasteiger partial charge in [0.2, 0.25) is 0 Å². The Kier molecular flexibility index (Phi) is 22.6. The van der Waals surface area contributed by atoms with Gasteiger partial charge in [-0.15, -0.1) is 0 Å². The van der Waals surface area contributed by atoms with Crippen molar-refractivity contribution in [2.75, 3.05) is 13.6 Å². The Hall–Kier alpha value is -0.0400. The molecule has 0 saturated heterocycles. The van der Waals surface area contributed by atoms with Crippen molar-refractivity contribution in [1.82, 2.24) is 5.32 Å². The summed E-state index contributed by atoms with van der Waals surface area (Å²) in [5.74, 6) is 0. The van der Waals surface area contributed by atoms with Crippen LogP contribution in [0.25, 0.3) is 0 Å². The molecule has 0 heterocycles. The minimum atomic E-state index is 1.19. The highest BCUT2D eigenvalue weighted by atomic mass is 14.8. The highest BCUT2D eigenvalue weighted by Gasteiger charge is 1.90. The fourth-order valence-corrected chi connectivity index (χ4v) is 1.61. The molecular weight excluding hydrogens is 182 g/mol. The third kappa shape index (κ3) is 20.1. The van der Waals surface area contributed by atoms with E-state index in [2.05, 4.69) is 12.2 Å². The van der Waals surface area contributed by atoms with E-state index in [1.807, 2.05) is 20.9 Å². The highest BCUT2D eigenvalue weighted by molar-refractivity contribution is 4.47. The van der Waals surface area contributed by atoms with Crippen molar-refractivity contribution >= 4 is 0 Å². The van der Waals surface area contributed by atoms with Crippen molar-refractivity contribution < 1.29 is 0 Å². The predicted molar refractivity (Wildman–Crippen MR) is 72.5 cm³/mol. The molecule has 0 saturated carbocycles. The summed E-state index contributed by atoms with van der Waals surface area (Å²) in [6.45, 7) is 7.47. The molecule has 0 atom stereocenters. The third-order valence-electron chi connectivity index (χ3n) is 2.53. The number of hydrogen-bond acceptors (Lipinski definition) is 1. The molecule has 0 fully saturated rings. The molecule has 15 heavy (non-hydrogen) atoms. The van der Waals surface area contributed by atoms with Crippen LogP contribution in [-0.4, -0.2) is 13.6 Å². The molecule has 0 aliphatic carbocycles. The molecule has 0 aliphatic heterocycles. The lowest BCUT2D eigenvalue weighted by Gasteiger charge is -2.01. The maximum Gasteiger partial charge on any atom is -0.00519 e. The summed E-state index contributed by atoms with van der Waals surface area (Å²) in [4.78, 5) is 0. The molecule has 0 radical (unpaired) electrons. The first-order valence-corrected chi connectivity index (χ1v) is 7.06. The Balaban J connectivity index is 0. The lowest BCUT2D eigenvalue weighted by molar-refractivity contribution is 0.558. The molecule has 0 aromatic carbocycles. The number of unbranched alkanes of at least 4 members (excludes halogenated alkanes) is 8. The average Bonchev–Trinajstić information content (AvgIpc) is 2.30. The van der Waals surface area contributed by atoms with Gasteiger partial charge in [-0.1, -0.05) is 72.1 Å². The molecule has 0 rings (SSSR count). The SMILES string of the molecule is CC.CCCCCCCCCCCNC. The van der Waals surface area contributed by atoms with Gasteiger partial charge in [-0.25, -0.2) is 0 Å². The second-order valence-electron chi connectivity index (χ2n) is 3.93. The lowest BCUT2D eigenvalue weighted by atomic mass is 10.1. The highest BCUT2D eigenvalue weighted by Crippen LogP contribution is 2.08. The minimum absolute atomic E-state index is 1.19. The Morgan fingerprint density at radius 1 is 0.667 bits per heavy atom. The number of hydrogen-bond donors (Lipinski definition) is 1. The second-order valence-corrected chi connectivity index (χ2v) is 3.93. The van der Waals surface area contributed by atoms with Crippen molar-refractivity contribution in [1.29, 1.82) is 0 Å². The van der Waals surface area contributed by atoms with E-state index in [4.69, 9.17) is 0 Å². The van der Waals surface area contributed by atoms with Gasteiger partial charge in [0, 0.05) is 0 Å². The van der Waals surface area contributed by atoms with E-state index >= 15 is 0 Å². The molecule has 0 aliphatic rings. The van der Waals surface area contributed by atoms with Crippen LogP contribution in [-0.2, 0) is 0 Å². The molecule has 0 spiro atoms. The quantitative estimate of drug-likeness (QED) is 0.518. The van der Waals surface area contributed by atoms with Crippen molar-refractivity contribution in [3.05, 3.63) is 0 Å². The van der Waals surface area contributed by atoms with E-state index in [1.165, 1.54) is 64.3 Å². The van der Waals surface area contributed by atoms with E-state index in [0.29, 0.717) is 0 Å². The second kappa shape index (κ2) is 19.5. The first-order chi connectivity index (χ1) is 7.41. The van der Waals surface area contributed by atoms with E-state index in [0.717, 1.165) is 0 Å². The van der Waals surface area contributed by atoms with Gasteiger partial charge < -0.3 is 5.32 Å². The summed E-state index contributed by atoms with van der Waals surface area (Å²) in [6, 6.07) is 0. The summed E-state index contributed by atoms with van der Waals surface area (Å²) >= 11 is 0. The summed E-state index contributed by atoms with van der Waals surface area (Å²) in [5.41, 5.74) is 0. The van der Waals surface area contributed by atoms with Crippen LogP contribution in [0.2, 0.25) is 0 Å². The van der Waals surface area contributed by atoms with Crippen LogP contribution >= 0.6 is 0 Å². The van der Waals surface area contributed by atoms with Crippen LogP contribution in [0, 0.1) is 0 Å². The molecule has 1 N–H and O–H groups in total. The van der Waals surface area contributed by atoms with Gasteiger partial charge in [-0.05, 0) is 20.0 Å². The number of rotatable bonds is 10. The number of nitrogens with one attached hydrogen (secondary N) is 1. The first kappa shape index (κ1) is 17.4. The molecule has 0 unspecified atom stereocenters. The maximum absolute atomic E-state index is 3.19. The van der Waals surface area contributed by atoms with Crippen LogP contribution in [0.4, 0.5) is 0 Å². The maximum atomic E-state index is 3.19. The zero-order valence-corrected chi connectivity index (χ0v) is 11.6. The van der Waals surface area contributed by atoms with Crippen molar-refractivity contribution in [3.63, 3.8) is 0 Å². The fraction of sp³-hybridized carbons (Fsp3) is 1.00. The van der Waals surface area contributed by atoms with E-state index < -0.39 is 0 Å². The lowest BCUT2D eigenvalue weighted by Crippen LogP contribution is -2.06.